The maximum Gasteiger partial charge on any atom is 0.410 e. The molecule has 0 aromatic heterocycles. The number of nitrogens with two attached hydrogens (primary N) is 1. The van der Waals surface area contributed by atoms with E-state index >= 15 is 0 Å². The highest BCUT2D eigenvalue weighted by Crippen LogP contribution is 2.45. The van der Waals surface area contributed by atoms with E-state index in [0.717, 1.165) is 96.8 Å². The summed E-state index contributed by atoms with van der Waals surface area (Å²) >= 11 is 0. The van der Waals surface area contributed by atoms with Crippen LogP contribution in [0.15, 0.2) is 0 Å². The Bertz CT molecular complexity index is 1600. The van der Waals surface area contributed by atoms with Gasteiger partial charge in [0.25, 0.3) is 0 Å². The topological polar surface area (TPSA) is 199 Å². The fraction of sp³-hybridized carbons (Fsp3) is 0.857. The van der Waals surface area contributed by atoms with Gasteiger partial charge in [-0.1, -0.05) is 0 Å². The summed E-state index contributed by atoms with van der Waals surface area (Å²) in [7, 11) is 3.56. The molecule has 8 rings (SSSR count). The molecule has 6 saturated heterocycles. The minimum Gasteiger partial charge on any atom is -0.480 e. The Balaban J connectivity index is 0.000000165. The summed E-state index contributed by atoms with van der Waals surface area (Å²) in [6.45, 7) is 15.8. The summed E-state index contributed by atoms with van der Waals surface area (Å²) in [5, 5.41) is 12.1. The summed E-state index contributed by atoms with van der Waals surface area (Å²) in [4.78, 5) is 81.6. The molecule has 59 heavy (non-hydrogen) atoms. The Morgan fingerprint density at radius 2 is 1.03 bits per heavy atom. The predicted octanol–water partition coefficient (Wildman–Crippen LogP) is 4.27. The van der Waals surface area contributed by atoms with E-state index in [-0.39, 0.29) is 59.7 Å². The van der Waals surface area contributed by atoms with Crippen LogP contribution >= 0.6 is 0 Å². The van der Waals surface area contributed by atoms with Gasteiger partial charge in [-0.15, -0.1) is 0 Å². The van der Waals surface area contributed by atoms with E-state index in [1.54, 1.807) is 26.6 Å². The molecule has 4 N–H and O–H groups in total. The highest BCUT2D eigenvalue weighted by atomic mass is 16.6. The van der Waals surface area contributed by atoms with Gasteiger partial charge in [0, 0.05) is 76.3 Å². The minimum absolute atomic E-state index is 0.00274. The van der Waals surface area contributed by atoms with Gasteiger partial charge in [-0.2, -0.15) is 0 Å². The van der Waals surface area contributed by atoms with Crippen molar-refractivity contribution >= 4 is 36.1 Å². The minimum atomic E-state index is -0.887. The third-order valence-electron chi connectivity index (χ3n) is 13.8. The molecule has 6 aliphatic heterocycles. The van der Waals surface area contributed by atoms with Crippen LogP contribution in [0.2, 0.25) is 0 Å². The molecule has 332 valence electrons. The summed E-state index contributed by atoms with van der Waals surface area (Å²) in [5.74, 6) is -0.890. The van der Waals surface area contributed by atoms with Gasteiger partial charge in [0.1, 0.15) is 23.3 Å². The Hall–Kier alpha value is -4.02. The van der Waals surface area contributed by atoms with Crippen LogP contribution in [-0.2, 0) is 19.1 Å². The Labute approximate surface area is 349 Å². The summed E-state index contributed by atoms with van der Waals surface area (Å²) < 4.78 is 10.8. The lowest BCUT2D eigenvalue weighted by Gasteiger charge is -2.53. The first kappa shape index (κ1) is 44.5. The maximum atomic E-state index is 12.8. The maximum absolute atomic E-state index is 12.8. The van der Waals surface area contributed by atoms with Crippen molar-refractivity contribution < 1.29 is 43.3 Å². The number of likely N-dealkylation sites (N-methyl/N-ethyl adjacent to an activating group) is 2. The predicted molar refractivity (Wildman–Crippen MR) is 218 cm³/mol. The van der Waals surface area contributed by atoms with E-state index in [9.17, 15) is 28.8 Å². The van der Waals surface area contributed by atoms with Crippen molar-refractivity contribution in [3.8, 4) is 0 Å². The molecule has 4 atom stereocenters. The Kier molecular flexibility index (Phi) is 12.7. The molecule has 8 aliphatic rings. The standard InChI is InChI=1S/C21H34N4O4.C13H24N2O2.C8H12N2O3/c1-20(2,3)29-19(28)24-12-21(13-24)9-7-14(8-10-21)22-17(26)16-6-5-15-11-25(16)18(27)23(15)4;1-12(2,3)17-11(16)15-8-13(9-15)6-4-10(14)5-7-13;1-9-5-2-3-6(7(11)12)10(4-5)8(9)13/h14-16H,5-13H2,1-4H3,(H,22,26);10H,4-9,14H2,1-3H3;5-6H,2-4H2,1H3,(H,11,12)/t15-,16+;;5-,6+/m1.1/s1. The van der Waals surface area contributed by atoms with Crippen molar-refractivity contribution in [1.82, 2.24) is 34.7 Å². The summed E-state index contributed by atoms with van der Waals surface area (Å²) in [6.07, 6.45) is 11.0. The van der Waals surface area contributed by atoms with Crippen molar-refractivity contribution in [3.63, 3.8) is 0 Å². The number of ether oxygens (including phenoxy) is 2. The van der Waals surface area contributed by atoms with Crippen molar-refractivity contribution in [1.29, 1.82) is 0 Å². The summed E-state index contributed by atoms with van der Waals surface area (Å²) in [6, 6.07) is -0.0784. The summed E-state index contributed by atoms with van der Waals surface area (Å²) in [5.41, 5.74) is 5.59. The van der Waals surface area contributed by atoms with Crippen molar-refractivity contribution in [2.24, 2.45) is 16.6 Å². The average molecular weight is 831 g/mol. The van der Waals surface area contributed by atoms with E-state index in [1.165, 1.54) is 4.90 Å². The van der Waals surface area contributed by atoms with Gasteiger partial charge < -0.3 is 55.0 Å². The molecule has 6 heterocycles. The number of hydrogen-bond donors (Lipinski definition) is 3. The molecule has 8 fully saturated rings. The number of carbonyl (C=O) groups is 6. The van der Waals surface area contributed by atoms with Gasteiger partial charge in [-0.3, -0.25) is 4.79 Å². The van der Waals surface area contributed by atoms with Gasteiger partial charge in [0.2, 0.25) is 5.91 Å². The monoisotopic (exact) mass is 831 g/mol. The highest BCUT2D eigenvalue weighted by Gasteiger charge is 2.51. The van der Waals surface area contributed by atoms with Gasteiger partial charge in [-0.05, 0) is 119 Å². The van der Waals surface area contributed by atoms with Crippen LogP contribution in [0.4, 0.5) is 19.2 Å². The van der Waals surface area contributed by atoms with Crippen LogP contribution in [0, 0.1) is 10.8 Å². The molecule has 17 heteroatoms. The van der Waals surface area contributed by atoms with E-state index in [0.29, 0.717) is 31.0 Å². The number of nitrogens with zero attached hydrogens (tertiary/aromatic N) is 6. The molecule has 0 aromatic carbocycles. The van der Waals surface area contributed by atoms with E-state index < -0.39 is 23.2 Å². The largest absolute Gasteiger partial charge is 0.480 e. The zero-order chi connectivity index (χ0) is 43.2. The molecule has 4 bridgehead atoms. The van der Waals surface area contributed by atoms with E-state index in [1.807, 2.05) is 53.5 Å². The zero-order valence-electron chi connectivity index (χ0n) is 36.7. The number of fused-ring (bicyclic) bond motifs is 4. The number of carboxylic acid groups (broad SMARTS) is 1. The lowest BCUT2D eigenvalue weighted by atomic mass is 9.67. The third-order valence-corrected chi connectivity index (χ3v) is 13.8. The van der Waals surface area contributed by atoms with E-state index in [4.69, 9.17) is 20.3 Å². The smallest absolute Gasteiger partial charge is 0.410 e. The number of amides is 7. The fourth-order valence-electron chi connectivity index (χ4n) is 10.2. The Morgan fingerprint density at radius 3 is 1.44 bits per heavy atom. The van der Waals surface area contributed by atoms with Gasteiger partial charge in [0.15, 0.2) is 0 Å². The van der Waals surface area contributed by atoms with Crippen molar-refractivity contribution in [2.45, 2.75) is 166 Å². The lowest BCUT2D eigenvalue weighted by molar-refractivity contribution is -0.142. The number of likely N-dealkylation sites (tertiary alicyclic amines) is 2. The van der Waals surface area contributed by atoms with Gasteiger partial charge in [-0.25, -0.2) is 24.0 Å². The average Bonchev–Trinajstić information content (AvgIpc) is 3.47. The molecule has 2 saturated carbocycles. The number of carbonyl (C=O) groups excluding carboxylic acids is 5. The van der Waals surface area contributed by atoms with E-state index in [2.05, 4.69) is 5.32 Å². The molecule has 2 aliphatic carbocycles. The van der Waals surface area contributed by atoms with Gasteiger partial charge >= 0.3 is 30.2 Å². The van der Waals surface area contributed by atoms with Crippen LogP contribution in [0.3, 0.4) is 0 Å². The molecule has 7 amide bonds. The molecular weight excluding hydrogens is 761 g/mol. The van der Waals surface area contributed by atoms with Crippen LogP contribution in [-0.4, -0.2) is 171 Å². The number of urea groups is 2. The number of piperidine rings is 2. The number of carboxylic acids is 1. The first-order chi connectivity index (χ1) is 27.5. The number of rotatable bonds is 3. The number of nitrogens with one attached hydrogen (secondary N) is 1. The second-order valence-electron chi connectivity index (χ2n) is 20.7. The molecule has 0 unspecified atom stereocenters. The second kappa shape index (κ2) is 16.8. The Morgan fingerprint density at radius 1 is 0.644 bits per heavy atom. The first-order valence-electron chi connectivity index (χ1n) is 21.8. The zero-order valence-corrected chi connectivity index (χ0v) is 36.7. The lowest BCUT2D eigenvalue weighted by Crippen LogP contribution is -2.61. The highest BCUT2D eigenvalue weighted by molar-refractivity contribution is 5.89. The van der Waals surface area contributed by atoms with Crippen LogP contribution in [0.1, 0.15) is 119 Å². The molecule has 17 nitrogen and oxygen atoms in total. The number of hydrogen-bond acceptors (Lipinski definition) is 9. The van der Waals surface area contributed by atoms with Crippen LogP contribution in [0.25, 0.3) is 0 Å². The SMILES string of the molecule is CC(C)(C)OC(=O)N1CC2(CCC(N)CC2)C1.CN1C(=O)N2C[C@H]1CC[C@H]2C(=O)NC1CCC2(CC1)CN(C(=O)OC(C)(C)C)C2.CN1C(=O)N2C[C@H]1CC[C@H]2C(=O)O. The normalized spacial score (nSPS) is 29.5. The first-order valence-corrected chi connectivity index (χ1v) is 21.8. The molecule has 0 radical (unpaired) electrons. The van der Waals surface area contributed by atoms with Crippen LogP contribution in [0.5, 0.6) is 0 Å². The number of aliphatic carboxylic acids is 1. The molecule has 2 spiro atoms. The second-order valence-corrected chi connectivity index (χ2v) is 20.7. The molecular formula is C42H70N8O9. The van der Waals surface area contributed by atoms with Crippen molar-refractivity contribution in [3.05, 3.63) is 0 Å². The quantitative estimate of drug-likeness (QED) is 0.369. The van der Waals surface area contributed by atoms with Crippen LogP contribution < -0.4 is 11.1 Å². The van der Waals surface area contributed by atoms with Crippen molar-refractivity contribution in [2.75, 3.05) is 53.4 Å². The molecule has 0 aromatic rings. The van der Waals surface area contributed by atoms with Gasteiger partial charge in [0.05, 0.1) is 12.1 Å². The fourth-order valence-corrected chi connectivity index (χ4v) is 10.2. The third kappa shape index (κ3) is 10.1.